The minimum atomic E-state index is -3.72. The Morgan fingerprint density at radius 3 is 2.70 bits per heavy atom. The van der Waals surface area contributed by atoms with Gasteiger partial charge in [0.1, 0.15) is 4.90 Å². The summed E-state index contributed by atoms with van der Waals surface area (Å²) in [6, 6.07) is 6.82. The number of nitrogens with one attached hydrogen (secondary N) is 1. The van der Waals surface area contributed by atoms with E-state index in [4.69, 9.17) is 0 Å². The number of carbonyl (C=O) groups is 1. The van der Waals surface area contributed by atoms with E-state index in [0.29, 0.717) is 18.2 Å². The predicted octanol–water partition coefficient (Wildman–Crippen LogP) is 1.14. The van der Waals surface area contributed by atoms with Crippen LogP contribution in [-0.4, -0.2) is 37.8 Å². The number of fused-ring (bicyclic) bond motifs is 1. The quantitative estimate of drug-likeness (QED) is 0.827. The zero-order valence-corrected chi connectivity index (χ0v) is 11.8. The number of amides is 1. The molecular formula is C14H16N2O3S. The van der Waals surface area contributed by atoms with Crippen LogP contribution in [0.5, 0.6) is 0 Å². The molecule has 1 aromatic rings. The van der Waals surface area contributed by atoms with E-state index in [-0.39, 0.29) is 17.0 Å². The van der Waals surface area contributed by atoms with Gasteiger partial charge in [0.05, 0.1) is 12.1 Å². The molecule has 0 atom stereocenters. The summed E-state index contributed by atoms with van der Waals surface area (Å²) in [7, 11) is -3.72. The zero-order valence-electron chi connectivity index (χ0n) is 11.0. The summed E-state index contributed by atoms with van der Waals surface area (Å²) in [4.78, 5) is 12.3. The van der Waals surface area contributed by atoms with Crippen molar-refractivity contribution in [1.82, 2.24) is 9.62 Å². The van der Waals surface area contributed by atoms with Crippen LogP contribution >= 0.6 is 0 Å². The number of hydrogen-bond donors (Lipinski definition) is 1. The van der Waals surface area contributed by atoms with Gasteiger partial charge in [0, 0.05) is 12.6 Å². The molecule has 1 aliphatic heterocycles. The van der Waals surface area contributed by atoms with E-state index in [1.807, 2.05) is 0 Å². The van der Waals surface area contributed by atoms with Crippen LogP contribution in [0, 0.1) is 0 Å². The van der Waals surface area contributed by atoms with Crippen LogP contribution in [0.2, 0.25) is 0 Å². The monoisotopic (exact) mass is 292 g/mol. The largest absolute Gasteiger partial charge is 0.310 e. The molecule has 5 nitrogen and oxygen atoms in total. The highest BCUT2D eigenvalue weighted by Crippen LogP contribution is 2.30. The molecule has 0 spiro atoms. The van der Waals surface area contributed by atoms with E-state index in [1.54, 1.807) is 18.2 Å². The molecule has 1 N–H and O–H groups in total. The highest BCUT2D eigenvalue weighted by Gasteiger charge is 2.40. The first-order valence-electron chi connectivity index (χ1n) is 6.56. The van der Waals surface area contributed by atoms with Gasteiger partial charge in [-0.15, -0.1) is 0 Å². The lowest BCUT2D eigenvalue weighted by Gasteiger charge is -2.17. The van der Waals surface area contributed by atoms with Crippen LogP contribution < -0.4 is 5.32 Å². The van der Waals surface area contributed by atoms with Crippen LogP contribution in [0.25, 0.3) is 0 Å². The molecule has 2 aliphatic rings. The van der Waals surface area contributed by atoms with E-state index < -0.39 is 15.9 Å². The smallest absolute Gasteiger partial charge is 0.269 e. The molecule has 1 heterocycles. The Hall–Kier alpha value is -1.66. The van der Waals surface area contributed by atoms with Gasteiger partial charge >= 0.3 is 0 Å². The summed E-state index contributed by atoms with van der Waals surface area (Å²) in [5.74, 6) is -0.465. The molecule has 0 saturated heterocycles. The first-order chi connectivity index (χ1) is 9.50. The van der Waals surface area contributed by atoms with E-state index >= 15 is 0 Å². The number of carbonyl (C=O) groups excluding carboxylic acids is 1. The van der Waals surface area contributed by atoms with E-state index in [9.17, 15) is 13.2 Å². The lowest BCUT2D eigenvalue weighted by molar-refractivity contribution is 0.0878. The SMILES string of the molecule is C=C(CNC1CC1)CN1C(=O)c2ccccc2S1(=O)=O. The third-order valence-electron chi connectivity index (χ3n) is 3.50. The number of nitrogens with zero attached hydrogens (tertiary/aromatic N) is 1. The molecular weight excluding hydrogens is 276 g/mol. The Kier molecular flexibility index (Phi) is 3.14. The molecule has 0 bridgehead atoms. The topological polar surface area (TPSA) is 66.5 Å². The average molecular weight is 292 g/mol. The van der Waals surface area contributed by atoms with Crippen LogP contribution in [0.4, 0.5) is 0 Å². The number of hydrogen-bond acceptors (Lipinski definition) is 4. The van der Waals surface area contributed by atoms with Crippen molar-refractivity contribution in [2.45, 2.75) is 23.8 Å². The normalized spacial score (nSPS) is 20.0. The molecule has 0 aromatic heterocycles. The lowest BCUT2D eigenvalue weighted by atomic mass is 10.2. The Balaban J connectivity index is 1.77. The summed E-state index contributed by atoms with van der Waals surface area (Å²) in [6.07, 6.45) is 2.30. The molecule has 106 valence electrons. The van der Waals surface area contributed by atoms with Gasteiger partial charge in [-0.3, -0.25) is 4.79 Å². The van der Waals surface area contributed by atoms with Gasteiger partial charge in [-0.25, -0.2) is 12.7 Å². The van der Waals surface area contributed by atoms with Gasteiger partial charge in [0.2, 0.25) is 0 Å². The fourth-order valence-corrected chi connectivity index (χ4v) is 3.81. The third-order valence-corrected chi connectivity index (χ3v) is 5.28. The van der Waals surface area contributed by atoms with E-state index in [2.05, 4.69) is 11.9 Å². The van der Waals surface area contributed by atoms with E-state index in [0.717, 1.165) is 17.1 Å². The van der Waals surface area contributed by atoms with Crippen molar-refractivity contribution in [1.29, 1.82) is 0 Å². The summed E-state index contributed by atoms with van der Waals surface area (Å²) in [6.45, 7) is 4.44. The summed E-state index contributed by atoms with van der Waals surface area (Å²) in [5.41, 5.74) is 0.942. The Bertz CT molecular complexity index is 677. The summed E-state index contributed by atoms with van der Waals surface area (Å²) in [5, 5.41) is 3.26. The number of rotatable bonds is 5. The van der Waals surface area contributed by atoms with Crippen molar-refractivity contribution >= 4 is 15.9 Å². The van der Waals surface area contributed by atoms with Crippen molar-refractivity contribution in [3.8, 4) is 0 Å². The number of sulfonamides is 1. The molecule has 1 aliphatic carbocycles. The standard InChI is InChI=1S/C14H16N2O3S/c1-10(8-15-11-6-7-11)9-16-14(17)12-4-2-3-5-13(12)20(16,18)19/h2-5,11,15H,1,6-9H2. The van der Waals surface area contributed by atoms with Crippen molar-refractivity contribution in [3.05, 3.63) is 42.0 Å². The Labute approximate surface area is 118 Å². The molecule has 20 heavy (non-hydrogen) atoms. The fraction of sp³-hybridized carbons (Fsp3) is 0.357. The Morgan fingerprint density at radius 1 is 1.35 bits per heavy atom. The molecule has 0 radical (unpaired) electrons. The van der Waals surface area contributed by atoms with Gasteiger partial charge in [-0.2, -0.15) is 0 Å². The second kappa shape index (κ2) is 4.71. The van der Waals surface area contributed by atoms with Crippen LogP contribution in [0.3, 0.4) is 0 Å². The maximum absolute atomic E-state index is 12.3. The van der Waals surface area contributed by atoms with Gasteiger partial charge in [-0.05, 0) is 30.5 Å². The highest BCUT2D eigenvalue weighted by molar-refractivity contribution is 7.90. The molecule has 6 heteroatoms. The first-order valence-corrected chi connectivity index (χ1v) is 8.00. The van der Waals surface area contributed by atoms with Crippen molar-refractivity contribution in [2.75, 3.05) is 13.1 Å². The van der Waals surface area contributed by atoms with Gasteiger partial charge in [0.25, 0.3) is 15.9 Å². The maximum Gasteiger partial charge on any atom is 0.269 e. The summed E-state index contributed by atoms with van der Waals surface area (Å²) < 4.78 is 25.6. The lowest BCUT2D eigenvalue weighted by Crippen LogP contribution is -2.34. The predicted molar refractivity (Wildman–Crippen MR) is 74.8 cm³/mol. The van der Waals surface area contributed by atoms with Crippen molar-refractivity contribution in [3.63, 3.8) is 0 Å². The van der Waals surface area contributed by atoms with Crippen LogP contribution in [0.1, 0.15) is 23.2 Å². The van der Waals surface area contributed by atoms with Crippen LogP contribution in [-0.2, 0) is 10.0 Å². The molecule has 0 unspecified atom stereocenters. The van der Waals surface area contributed by atoms with Gasteiger partial charge in [-0.1, -0.05) is 18.7 Å². The number of benzene rings is 1. The average Bonchev–Trinajstić information content (AvgIpc) is 3.23. The summed E-state index contributed by atoms with van der Waals surface area (Å²) >= 11 is 0. The maximum atomic E-state index is 12.3. The molecule has 1 amide bonds. The van der Waals surface area contributed by atoms with E-state index in [1.165, 1.54) is 6.07 Å². The van der Waals surface area contributed by atoms with Gasteiger partial charge < -0.3 is 5.32 Å². The minimum Gasteiger partial charge on any atom is -0.310 e. The first kappa shape index (κ1) is 13.3. The highest BCUT2D eigenvalue weighted by atomic mass is 32.2. The second-order valence-electron chi connectivity index (χ2n) is 5.22. The van der Waals surface area contributed by atoms with Crippen LogP contribution in [0.15, 0.2) is 41.3 Å². The molecule has 1 saturated carbocycles. The molecule has 1 aromatic carbocycles. The fourth-order valence-electron chi connectivity index (χ4n) is 2.22. The third kappa shape index (κ3) is 2.25. The second-order valence-corrected chi connectivity index (χ2v) is 7.05. The Morgan fingerprint density at radius 2 is 2.05 bits per heavy atom. The van der Waals surface area contributed by atoms with Crippen molar-refractivity contribution in [2.24, 2.45) is 0 Å². The molecule has 3 rings (SSSR count). The van der Waals surface area contributed by atoms with Gasteiger partial charge in [0.15, 0.2) is 0 Å². The zero-order chi connectivity index (χ0) is 14.3. The van der Waals surface area contributed by atoms with Crippen molar-refractivity contribution < 1.29 is 13.2 Å². The minimum absolute atomic E-state index is 0.0373. The molecule has 1 fully saturated rings.